The number of nitrogens with one attached hydrogen (secondary N) is 1. The third-order valence-electron chi connectivity index (χ3n) is 4.02. The predicted octanol–water partition coefficient (Wildman–Crippen LogP) is 3.70. The number of aliphatic hydroxyl groups is 1. The summed E-state index contributed by atoms with van der Waals surface area (Å²) in [5, 5.41) is 13.7. The lowest BCUT2D eigenvalue weighted by molar-refractivity contribution is 0.0578. The van der Waals surface area contributed by atoms with E-state index in [-0.39, 0.29) is 11.5 Å². The smallest absolute Gasteiger partial charge is 0.0819 e. The Morgan fingerprint density at radius 2 is 1.83 bits per heavy atom. The second kappa shape index (κ2) is 4.58. The van der Waals surface area contributed by atoms with Gasteiger partial charge in [-0.3, -0.25) is 0 Å². The molecule has 1 aromatic rings. The molecule has 1 fully saturated rings. The van der Waals surface area contributed by atoms with Gasteiger partial charge in [-0.1, -0.05) is 32.9 Å². The van der Waals surface area contributed by atoms with Crippen LogP contribution in [0.25, 0.3) is 0 Å². The average Bonchev–Trinajstić information content (AvgIpc) is 2.58. The van der Waals surface area contributed by atoms with Crippen LogP contribution in [0.1, 0.15) is 52.5 Å². The van der Waals surface area contributed by atoms with Crippen LogP contribution in [-0.4, -0.2) is 16.7 Å². The van der Waals surface area contributed by atoms with E-state index in [1.165, 1.54) is 5.56 Å². The maximum atomic E-state index is 10.2. The molecule has 0 amide bonds. The van der Waals surface area contributed by atoms with Gasteiger partial charge in [0, 0.05) is 5.69 Å². The highest BCUT2D eigenvalue weighted by molar-refractivity contribution is 5.47. The Morgan fingerprint density at radius 1 is 1.22 bits per heavy atom. The van der Waals surface area contributed by atoms with Gasteiger partial charge in [0.25, 0.3) is 0 Å². The van der Waals surface area contributed by atoms with Crippen molar-refractivity contribution in [3.63, 3.8) is 0 Å². The van der Waals surface area contributed by atoms with Crippen LogP contribution in [-0.2, 0) is 5.41 Å². The van der Waals surface area contributed by atoms with E-state index in [9.17, 15) is 5.11 Å². The highest BCUT2D eigenvalue weighted by atomic mass is 16.3. The van der Waals surface area contributed by atoms with Crippen molar-refractivity contribution in [3.05, 3.63) is 29.8 Å². The fourth-order valence-corrected chi connectivity index (χ4v) is 2.64. The van der Waals surface area contributed by atoms with Gasteiger partial charge in [0.2, 0.25) is 0 Å². The molecule has 2 heteroatoms. The largest absolute Gasteiger partial charge is 0.388 e. The molecule has 1 saturated carbocycles. The second-order valence-electron chi connectivity index (χ2n) is 6.77. The lowest BCUT2D eigenvalue weighted by atomic mass is 9.87. The molecule has 2 unspecified atom stereocenters. The van der Waals surface area contributed by atoms with Crippen molar-refractivity contribution >= 4 is 5.69 Å². The minimum atomic E-state index is -0.567. The molecule has 18 heavy (non-hydrogen) atoms. The fourth-order valence-electron chi connectivity index (χ4n) is 2.64. The van der Waals surface area contributed by atoms with Crippen molar-refractivity contribution in [3.8, 4) is 0 Å². The Bertz CT molecular complexity index is 400. The summed E-state index contributed by atoms with van der Waals surface area (Å²) in [7, 11) is 0. The zero-order valence-electron chi connectivity index (χ0n) is 12.0. The molecule has 0 saturated heterocycles. The van der Waals surface area contributed by atoms with E-state index < -0.39 is 5.60 Å². The molecular formula is C16H25NO. The molecule has 2 rings (SSSR count). The highest BCUT2D eigenvalue weighted by Crippen LogP contribution is 2.32. The summed E-state index contributed by atoms with van der Waals surface area (Å²) in [6, 6.07) is 8.76. The quantitative estimate of drug-likeness (QED) is 0.835. The molecule has 0 bridgehead atoms. The van der Waals surface area contributed by atoms with Crippen molar-refractivity contribution in [2.24, 2.45) is 0 Å². The molecule has 2 nitrogen and oxygen atoms in total. The summed E-state index contributed by atoms with van der Waals surface area (Å²) < 4.78 is 0. The van der Waals surface area contributed by atoms with Gasteiger partial charge >= 0.3 is 0 Å². The molecular weight excluding hydrogens is 222 g/mol. The number of anilines is 1. The van der Waals surface area contributed by atoms with Crippen LogP contribution in [0, 0.1) is 0 Å². The number of hydrogen-bond donors (Lipinski definition) is 2. The van der Waals surface area contributed by atoms with Crippen LogP contribution in [0.3, 0.4) is 0 Å². The highest BCUT2D eigenvalue weighted by Gasteiger charge is 2.36. The summed E-state index contributed by atoms with van der Waals surface area (Å²) in [5.41, 5.74) is 2.07. The van der Waals surface area contributed by atoms with Gasteiger partial charge in [-0.25, -0.2) is 0 Å². The first-order valence-corrected chi connectivity index (χ1v) is 6.88. The van der Waals surface area contributed by atoms with Gasteiger partial charge in [0.15, 0.2) is 0 Å². The van der Waals surface area contributed by atoms with Crippen LogP contribution in [0.4, 0.5) is 5.69 Å². The number of hydrogen-bond acceptors (Lipinski definition) is 2. The van der Waals surface area contributed by atoms with Crippen molar-refractivity contribution in [2.45, 2.75) is 64.0 Å². The van der Waals surface area contributed by atoms with Gasteiger partial charge in [0.05, 0.1) is 11.6 Å². The topological polar surface area (TPSA) is 32.3 Å². The SMILES string of the molecule is CC(C)(C)c1ccc(NC2CCCC2(C)O)cc1. The lowest BCUT2D eigenvalue weighted by Crippen LogP contribution is -2.39. The monoisotopic (exact) mass is 247 g/mol. The molecule has 0 aliphatic heterocycles. The standard InChI is InChI=1S/C16H25NO/c1-15(2,3)12-7-9-13(10-8-12)17-14-6-5-11-16(14,4)18/h7-10,14,17-18H,5-6,11H2,1-4H3. The molecule has 0 heterocycles. The fraction of sp³-hybridized carbons (Fsp3) is 0.625. The Kier molecular flexibility index (Phi) is 3.41. The Labute approximate surface area is 110 Å². The van der Waals surface area contributed by atoms with Crippen LogP contribution in [0.2, 0.25) is 0 Å². The third-order valence-corrected chi connectivity index (χ3v) is 4.02. The summed E-state index contributed by atoms with van der Waals surface area (Å²) >= 11 is 0. The van der Waals surface area contributed by atoms with E-state index in [1.54, 1.807) is 0 Å². The van der Waals surface area contributed by atoms with E-state index in [1.807, 2.05) is 6.92 Å². The molecule has 2 atom stereocenters. The van der Waals surface area contributed by atoms with Crippen LogP contribution in [0.15, 0.2) is 24.3 Å². The minimum absolute atomic E-state index is 0.179. The van der Waals surface area contributed by atoms with Crippen LogP contribution >= 0.6 is 0 Å². The van der Waals surface area contributed by atoms with E-state index in [0.717, 1.165) is 24.9 Å². The number of rotatable bonds is 2. The van der Waals surface area contributed by atoms with Gasteiger partial charge in [-0.2, -0.15) is 0 Å². The Hall–Kier alpha value is -1.02. The zero-order valence-corrected chi connectivity index (χ0v) is 12.0. The van der Waals surface area contributed by atoms with E-state index in [4.69, 9.17) is 0 Å². The molecule has 0 spiro atoms. The molecule has 0 radical (unpaired) electrons. The summed E-state index contributed by atoms with van der Waals surface area (Å²) in [6.07, 6.45) is 3.05. The second-order valence-corrected chi connectivity index (χ2v) is 6.77. The molecule has 1 aliphatic rings. The van der Waals surface area contributed by atoms with Crippen molar-refractivity contribution in [1.82, 2.24) is 0 Å². The molecule has 1 aliphatic carbocycles. The Balaban J connectivity index is 2.07. The number of benzene rings is 1. The van der Waals surface area contributed by atoms with E-state index in [2.05, 4.69) is 50.4 Å². The normalized spacial score (nSPS) is 28.4. The third kappa shape index (κ3) is 2.86. The maximum Gasteiger partial charge on any atom is 0.0819 e. The first kappa shape index (κ1) is 13.4. The molecule has 0 aromatic heterocycles. The van der Waals surface area contributed by atoms with E-state index in [0.29, 0.717) is 0 Å². The van der Waals surface area contributed by atoms with Crippen molar-refractivity contribution in [2.75, 3.05) is 5.32 Å². The molecule has 1 aromatic carbocycles. The van der Waals surface area contributed by atoms with Crippen LogP contribution in [0.5, 0.6) is 0 Å². The van der Waals surface area contributed by atoms with Gasteiger partial charge in [0.1, 0.15) is 0 Å². The maximum absolute atomic E-state index is 10.2. The summed E-state index contributed by atoms with van der Waals surface area (Å²) in [5.74, 6) is 0. The average molecular weight is 247 g/mol. The van der Waals surface area contributed by atoms with Crippen LogP contribution < -0.4 is 5.32 Å². The van der Waals surface area contributed by atoms with E-state index >= 15 is 0 Å². The lowest BCUT2D eigenvalue weighted by Gasteiger charge is -2.27. The zero-order chi connectivity index (χ0) is 13.4. The first-order chi connectivity index (χ1) is 8.29. The van der Waals surface area contributed by atoms with Gasteiger partial charge in [-0.15, -0.1) is 0 Å². The molecule has 100 valence electrons. The van der Waals surface area contributed by atoms with Crippen molar-refractivity contribution in [1.29, 1.82) is 0 Å². The van der Waals surface area contributed by atoms with Gasteiger partial charge in [-0.05, 0) is 49.3 Å². The first-order valence-electron chi connectivity index (χ1n) is 6.88. The van der Waals surface area contributed by atoms with Crippen molar-refractivity contribution < 1.29 is 5.11 Å². The predicted molar refractivity (Wildman–Crippen MR) is 77.0 cm³/mol. The minimum Gasteiger partial charge on any atom is -0.388 e. The summed E-state index contributed by atoms with van der Waals surface area (Å²) in [6.45, 7) is 8.59. The Morgan fingerprint density at radius 3 is 2.28 bits per heavy atom. The van der Waals surface area contributed by atoms with Gasteiger partial charge < -0.3 is 10.4 Å². The summed E-state index contributed by atoms with van der Waals surface area (Å²) in [4.78, 5) is 0. The molecule has 2 N–H and O–H groups in total.